The van der Waals surface area contributed by atoms with Gasteiger partial charge in [-0.2, -0.15) is 0 Å². The quantitative estimate of drug-likeness (QED) is 0.842. The van der Waals surface area contributed by atoms with Gasteiger partial charge in [-0.1, -0.05) is 36.4 Å². The predicted octanol–water partition coefficient (Wildman–Crippen LogP) is 2.91. The molecule has 20 heavy (non-hydrogen) atoms. The van der Waals surface area contributed by atoms with E-state index in [-0.39, 0.29) is 0 Å². The van der Waals surface area contributed by atoms with E-state index in [1.807, 2.05) is 24.3 Å². The zero-order chi connectivity index (χ0) is 14.2. The lowest BCUT2D eigenvalue weighted by atomic mass is 10.1. The lowest BCUT2D eigenvalue weighted by Gasteiger charge is -2.06. The first-order chi connectivity index (χ1) is 9.81. The SMILES string of the molecule is COc1ccc(COCc2ccc(CCN)cc2)cc1. The highest BCUT2D eigenvalue weighted by Gasteiger charge is 1.97. The van der Waals surface area contributed by atoms with Crippen LogP contribution < -0.4 is 10.5 Å². The van der Waals surface area contributed by atoms with Gasteiger partial charge in [0, 0.05) is 0 Å². The van der Waals surface area contributed by atoms with E-state index < -0.39 is 0 Å². The summed E-state index contributed by atoms with van der Waals surface area (Å²) < 4.78 is 10.8. The standard InChI is InChI=1S/C17H21NO2/c1-19-17-8-6-16(7-9-17)13-20-12-15-4-2-14(3-5-15)10-11-18/h2-9H,10-13,18H2,1H3. The Morgan fingerprint density at radius 3 is 1.80 bits per heavy atom. The zero-order valence-corrected chi connectivity index (χ0v) is 11.8. The van der Waals surface area contributed by atoms with Crippen LogP contribution in [0.25, 0.3) is 0 Å². The van der Waals surface area contributed by atoms with Crippen LogP contribution in [0.2, 0.25) is 0 Å². The van der Waals surface area contributed by atoms with Crippen molar-refractivity contribution in [2.75, 3.05) is 13.7 Å². The smallest absolute Gasteiger partial charge is 0.118 e. The van der Waals surface area contributed by atoms with E-state index in [1.54, 1.807) is 7.11 Å². The Labute approximate surface area is 120 Å². The van der Waals surface area contributed by atoms with Gasteiger partial charge in [0.05, 0.1) is 20.3 Å². The predicted molar refractivity (Wildman–Crippen MR) is 80.7 cm³/mol. The molecule has 0 heterocycles. The molecule has 2 aromatic rings. The van der Waals surface area contributed by atoms with Crippen LogP contribution >= 0.6 is 0 Å². The largest absolute Gasteiger partial charge is 0.497 e. The van der Waals surface area contributed by atoms with Crippen molar-refractivity contribution in [3.05, 3.63) is 65.2 Å². The van der Waals surface area contributed by atoms with Gasteiger partial charge in [0.2, 0.25) is 0 Å². The molecule has 0 saturated heterocycles. The molecular weight excluding hydrogens is 250 g/mol. The number of nitrogens with two attached hydrogens (primary N) is 1. The summed E-state index contributed by atoms with van der Waals surface area (Å²) in [6.45, 7) is 1.91. The Balaban J connectivity index is 1.79. The molecule has 0 bridgehead atoms. The fourth-order valence-corrected chi connectivity index (χ4v) is 1.98. The van der Waals surface area contributed by atoms with Crippen LogP contribution in [0.3, 0.4) is 0 Å². The molecule has 0 spiro atoms. The molecular formula is C17H21NO2. The lowest BCUT2D eigenvalue weighted by Crippen LogP contribution is -2.02. The number of benzene rings is 2. The van der Waals surface area contributed by atoms with Crippen molar-refractivity contribution in [2.45, 2.75) is 19.6 Å². The fraction of sp³-hybridized carbons (Fsp3) is 0.294. The average molecular weight is 271 g/mol. The van der Waals surface area contributed by atoms with E-state index in [0.717, 1.165) is 17.7 Å². The Hall–Kier alpha value is -1.84. The van der Waals surface area contributed by atoms with Crippen molar-refractivity contribution >= 4 is 0 Å². The molecule has 0 aromatic heterocycles. The van der Waals surface area contributed by atoms with Crippen LogP contribution in [0.15, 0.2) is 48.5 Å². The maximum absolute atomic E-state index is 5.71. The number of hydrogen-bond donors (Lipinski definition) is 1. The molecule has 3 nitrogen and oxygen atoms in total. The van der Waals surface area contributed by atoms with Crippen molar-refractivity contribution in [3.63, 3.8) is 0 Å². The Morgan fingerprint density at radius 2 is 1.30 bits per heavy atom. The third-order valence-corrected chi connectivity index (χ3v) is 3.15. The van der Waals surface area contributed by atoms with E-state index in [1.165, 1.54) is 11.1 Å². The van der Waals surface area contributed by atoms with Crippen molar-refractivity contribution < 1.29 is 9.47 Å². The second kappa shape index (κ2) is 7.68. The molecule has 106 valence electrons. The lowest BCUT2D eigenvalue weighted by molar-refractivity contribution is 0.107. The third-order valence-electron chi connectivity index (χ3n) is 3.15. The summed E-state index contributed by atoms with van der Waals surface area (Å²) >= 11 is 0. The van der Waals surface area contributed by atoms with Crippen molar-refractivity contribution in [3.8, 4) is 5.75 Å². The molecule has 0 unspecified atom stereocenters. The van der Waals surface area contributed by atoms with Crippen LogP contribution in [-0.2, 0) is 24.4 Å². The normalized spacial score (nSPS) is 10.5. The third kappa shape index (κ3) is 4.37. The van der Waals surface area contributed by atoms with E-state index in [2.05, 4.69) is 24.3 Å². The van der Waals surface area contributed by atoms with Crippen LogP contribution in [0.1, 0.15) is 16.7 Å². The Morgan fingerprint density at radius 1 is 0.800 bits per heavy atom. The minimum Gasteiger partial charge on any atom is -0.497 e. The molecule has 3 heteroatoms. The van der Waals surface area contributed by atoms with Gasteiger partial charge >= 0.3 is 0 Å². The van der Waals surface area contributed by atoms with E-state index in [4.69, 9.17) is 15.2 Å². The molecule has 0 aliphatic heterocycles. The molecule has 0 atom stereocenters. The Kier molecular flexibility index (Phi) is 5.59. The van der Waals surface area contributed by atoms with E-state index in [0.29, 0.717) is 19.8 Å². The highest BCUT2D eigenvalue weighted by Crippen LogP contribution is 2.13. The van der Waals surface area contributed by atoms with Crippen LogP contribution in [-0.4, -0.2) is 13.7 Å². The second-order valence-corrected chi connectivity index (χ2v) is 4.70. The van der Waals surface area contributed by atoms with Gasteiger partial charge in [-0.25, -0.2) is 0 Å². The molecule has 2 aromatic carbocycles. The highest BCUT2D eigenvalue weighted by molar-refractivity contribution is 5.27. The molecule has 0 radical (unpaired) electrons. The number of rotatable bonds is 7. The molecule has 0 aliphatic rings. The number of ether oxygens (including phenoxy) is 2. The Bertz CT molecular complexity index is 506. The van der Waals surface area contributed by atoms with Gasteiger partial charge in [0.25, 0.3) is 0 Å². The maximum Gasteiger partial charge on any atom is 0.118 e. The van der Waals surface area contributed by atoms with Gasteiger partial charge in [-0.05, 0) is 41.8 Å². The fourth-order valence-electron chi connectivity index (χ4n) is 1.98. The minimum atomic E-state index is 0.606. The molecule has 0 aliphatic carbocycles. The summed E-state index contributed by atoms with van der Waals surface area (Å²) in [5.74, 6) is 0.865. The topological polar surface area (TPSA) is 44.5 Å². The summed E-state index contributed by atoms with van der Waals surface area (Å²) in [6, 6.07) is 16.3. The zero-order valence-electron chi connectivity index (χ0n) is 11.8. The van der Waals surface area contributed by atoms with Gasteiger partial charge in [0.1, 0.15) is 5.75 Å². The molecule has 0 fully saturated rings. The van der Waals surface area contributed by atoms with Gasteiger partial charge in [-0.15, -0.1) is 0 Å². The number of hydrogen-bond acceptors (Lipinski definition) is 3. The first-order valence-electron chi connectivity index (χ1n) is 6.80. The van der Waals surface area contributed by atoms with Crippen LogP contribution in [0, 0.1) is 0 Å². The first-order valence-corrected chi connectivity index (χ1v) is 6.80. The van der Waals surface area contributed by atoms with Gasteiger partial charge in [-0.3, -0.25) is 0 Å². The summed E-state index contributed by atoms with van der Waals surface area (Å²) in [7, 11) is 1.67. The van der Waals surface area contributed by atoms with E-state index in [9.17, 15) is 0 Å². The summed E-state index contributed by atoms with van der Waals surface area (Å²) in [5, 5.41) is 0. The molecule has 2 rings (SSSR count). The van der Waals surface area contributed by atoms with Crippen molar-refractivity contribution in [2.24, 2.45) is 5.73 Å². The summed E-state index contributed by atoms with van der Waals surface area (Å²) in [6.07, 6.45) is 0.924. The maximum atomic E-state index is 5.71. The summed E-state index contributed by atoms with van der Waals surface area (Å²) in [4.78, 5) is 0. The second-order valence-electron chi connectivity index (χ2n) is 4.70. The molecule has 2 N–H and O–H groups in total. The van der Waals surface area contributed by atoms with Crippen LogP contribution in [0.5, 0.6) is 5.75 Å². The van der Waals surface area contributed by atoms with Gasteiger partial charge < -0.3 is 15.2 Å². The van der Waals surface area contributed by atoms with Crippen molar-refractivity contribution in [1.82, 2.24) is 0 Å². The average Bonchev–Trinajstić information content (AvgIpc) is 2.50. The minimum absolute atomic E-state index is 0.606. The first kappa shape index (κ1) is 14.6. The van der Waals surface area contributed by atoms with Crippen LogP contribution in [0.4, 0.5) is 0 Å². The molecule has 0 amide bonds. The summed E-state index contributed by atoms with van der Waals surface area (Å²) in [5.41, 5.74) is 9.12. The van der Waals surface area contributed by atoms with Gasteiger partial charge in [0.15, 0.2) is 0 Å². The monoisotopic (exact) mass is 271 g/mol. The number of methoxy groups -OCH3 is 1. The highest BCUT2D eigenvalue weighted by atomic mass is 16.5. The van der Waals surface area contributed by atoms with Crippen molar-refractivity contribution in [1.29, 1.82) is 0 Å². The molecule has 0 saturated carbocycles. The van der Waals surface area contributed by atoms with E-state index >= 15 is 0 Å².